The number of rotatable bonds is 2. The van der Waals surface area contributed by atoms with Crippen molar-refractivity contribution in [2.75, 3.05) is 18.4 Å². The van der Waals surface area contributed by atoms with Crippen molar-refractivity contribution in [2.45, 2.75) is 32.6 Å². The number of amides is 2. The quantitative estimate of drug-likeness (QED) is 0.921. The molecule has 0 bridgehead atoms. The number of nitrogens with one attached hydrogen (secondary N) is 1. The molecule has 3 rings (SSSR count). The van der Waals surface area contributed by atoms with Gasteiger partial charge in [-0.15, -0.1) is 5.10 Å². The second-order valence-electron chi connectivity index (χ2n) is 5.77. The third-order valence-electron chi connectivity index (χ3n) is 4.04. The van der Waals surface area contributed by atoms with Crippen LogP contribution in [0.5, 0.6) is 0 Å². The summed E-state index contributed by atoms with van der Waals surface area (Å²) < 4.78 is 1.80. The highest BCUT2D eigenvalue weighted by Crippen LogP contribution is 2.17. The Morgan fingerprint density at radius 3 is 2.45 bits per heavy atom. The minimum Gasteiger partial charge on any atom is -0.324 e. The number of aromatic nitrogens is 2. The first-order chi connectivity index (χ1) is 10.7. The Morgan fingerprint density at radius 1 is 1.09 bits per heavy atom. The van der Waals surface area contributed by atoms with Gasteiger partial charge in [0.15, 0.2) is 5.82 Å². The third-order valence-corrected chi connectivity index (χ3v) is 4.04. The van der Waals surface area contributed by atoms with Crippen LogP contribution in [-0.2, 0) is 0 Å². The van der Waals surface area contributed by atoms with Gasteiger partial charge in [-0.05, 0) is 31.9 Å². The van der Waals surface area contributed by atoms with E-state index in [0.717, 1.165) is 37.2 Å². The van der Waals surface area contributed by atoms with E-state index >= 15 is 0 Å². The predicted octanol–water partition coefficient (Wildman–Crippen LogP) is 3.59. The summed E-state index contributed by atoms with van der Waals surface area (Å²) in [5.41, 5.74) is 1.95. The lowest BCUT2D eigenvalue weighted by molar-refractivity contribution is 0.213. The molecule has 0 atom stereocenters. The Labute approximate surface area is 130 Å². The van der Waals surface area contributed by atoms with Gasteiger partial charge in [0, 0.05) is 24.8 Å². The predicted molar refractivity (Wildman–Crippen MR) is 87.4 cm³/mol. The third kappa shape index (κ3) is 3.30. The van der Waals surface area contributed by atoms with E-state index in [0.29, 0.717) is 5.82 Å². The monoisotopic (exact) mass is 298 g/mol. The maximum absolute atomic E-state index is 12.4. The molecule has 2 aromatic rings. The van der Waals surface area contributed by atoms with E-state index in [1.807, 2.05) is 48.4 Å². The summed E-state index contributed by atoms with van der Waals surface area (Å²) in [6.07, 6.45) is 6.54. The van der Waals surface area contributed by atoms with E-state index < -0.39 is 0 Å². The standard InChI is InChI=1S/C17H22N4O/c1-14-13-21(15-9-5-4-6-10-15)19-16(14)18-17(22)20-11-7-2-3-8-12-20/h4-6,9-10,13H,2-3,7-8,11-12H2,1H3,(H,18,19,22). The van der Waals surface area contributed by atoms with Crippen LogP contribution in [0.1, 0.15) is 31.2 Å². The number of urea groups is 1. The lowest BCUT2D eigenvalue weighted by Crippen LogP contribution is -2.35. The fraction of sp³-hybridized carbons (Fsp3) is 0.412. The van der Waals surface area contributed by atoms with E-state index in [4.69, 9.17) is 0 Å². The fourth-order valence-electron chi connectivity index (χ4n) is 2.75. The number of para-hydroxylation sites is 1. The molecule has 0 radical (unpaired) electrons. The highest BCUT2D eigenvalue weighted by atomic mass is 16.2. The van der Waals surface area contributed by atoms with Crippen molar-refractivity contribution in [1.82, 2.24) is 14.7 Å². The Hall–Kier alpha value is -2.30. The van der Waals surface area contributed by atoms with Gasteiger partial charge in [-0.1, -0.05) is 31.0 Å². The highest BCUT2D eigenvalue weighted by molar-refractivity contribution is 5.89. The van der Waals surface area contributed by atoms with Crippen molar-refractivity contribution in [3.05, 3.63) is 42.1 Å². The molecular weight excluding hydrogens is 276 g/mol. The van der Waals surface area contributed by atoms with Crippen molar-refractivity contribution in [3.8, 4) is 5.69 Å². The molecule has 5 heteroatoms. The van der Waals surface area contributed by atoms with Crippen molar-refractivity contribution < 1.29 is 4.79 Å². The number of carbonyl (C=O) groups is 1. The first-order valence-electron chi connectivity index (χ1n) is 7.91. The maximum atomic E-state index is 12.4. The van der Waals surface area contributed by atoms with Crippen molar-refractivity contribution >= 4 is 11.8 Å². The molecule has 0 spiro atoms. The Morgan fingerprint density at radius 2 is 1.77 bits per heavy atom. The number of nitrogens with zero attached hydrogens (tertiary/aromatic N) is 3. The van der Waals surface area contributed by atoms with Gasteiger partial charge in [-0.2, -0.15) is 0 Å². The molecule has 1 saturated heterocycles. The molecule has 1 N–H and O–H groups in total. The van der Waals surface area contributed by atoms with Gasteiger partial charge in [0.25, 0.3) is 0 Å². The van der Waals surface area contributed by atoms with Gasteiger partial charge in [0.1, 0.15) is 0 Å². The summed E-state index contributed by atoms with van der Waals surface area (Å²) in [4.78, 5) is 14.3. The molecule has 0 saturated carbocycles. The molecule has 1 aliphatic heterocycles. The average Bonchev–Trinajstić information content (AvgIpc) is 2.76. The summed E-state index contributed by atoms with van der Waals surface area (Å²) in [6.45, 7) is 3.64. The molecule has 1 aromatic carbocycles. The summed E-state index contributed by atoms with van der Waals surface area (Å²) in [6, 6.07) is 9.87. The normalized spacial score (nSPS) is 15.4. The largest absolute Gasteiger partial charge is 0.324 e. The summed E-state index contributed by atoms with van der Waals surface area (Å²) >= 11 is 0. The topological polar surface area (TPSA) is 50.2 Å². The molecule has 116 valence electrons. The van der Waals surface area contributed by atoms with Crippen LogP contribution in [-0.4, -0.2) is 33.8 Å². The number of hydrogen-bond donors (Lipinski definition) is 1. The van der Waals surface area contributed by atoms with Crippen molar-refractivity contribution in [3.63, 3.8) is 0 Å². The Bertz CT molecular complexity index is 627. The lowest BCUT2D eigenvalue weighted by atomic mass is 10.2. The molecule has 0 aliphatic carbocycles. The van der Waals surface area contributed by atoms with Crippen LogP contribution < -0.4 is 5.32 Å². The number of benzene rings is 1. The SMILES string of the molecule is Cc1cn(-c2ccccc2)nc1NC(=O)N1CCCCCC1. The van der Waals surface area contributed by atoms with Gasteiger partial charge < -0.3 is 4.90 Å². The summed E-state index contributed by atoms with van der Waals surface area (Å²) in [5.74, 6) is 0.637. The second-order valence-corrected chi connectivity index (χ2v) is 5.77. The van der Waals surface area contributed by atoms with Gasteiger partial charge in [0.2, 0.25) is 0 Å². The van der Waals surface area contributed by atoms with Crippen LogP contribution in [0.15, 0.2) is 36.5 Å². The minimum atomic E-state index is -0.0386. The van der Waals surface area contributed by atoms with Crippen LogP contribution in [0, 0.1) is 6.92 Å². The van der Waals surface area contributed by atoms with E-state index in [-0.39, 0.29) is 6.03 Å². The van der Waals surface area contributed by atoms with Crippen molar-refractivity contribution in [2.24, 2.45) is 0 Å². The zero-order valence-electron chi connectivity index (χ0n) is 13.0. The van der Waals surface area contributed by atoms with E-state index in [1.165, 1.54) is 12.8 Å². The number of aryl methyl sites for hydroxylation is 1. The molecule has 1 fully saturated rings. The smallest absolute Gasteiger partial charge is 0.323 e. The zero-order valence-corrected chi connectivity index (χ0v) is 13.0. The summed E-state index contributed by atoms with van der Waals surface area (Å²) in [7, 11) is 0. The average molecular weight is 298 g/mol. The second kappa shape index (κ2) is 6.64. The minimum absolute atomic E-state index is 0.0386. The molecule has 22 heavy (non-hydrogen) atoms. The molecule has 0 unspecified atom stereocenters. The van der Waals surface area contributed by atoms with E-state index in [1.54, 1.807) is 4.68 Å². The van der Waals surface area contributed by atoms with E-state index in [2.05, 4.69) is 10.4 Å². The summed E-state index contributed by atoms with van der Waals surface area (Å²) in [5, 5.41) is 7.45. The molecule has 1 aliphatic rings. The van der Waals surface area contributed by atoms with Gasteiger partial charge >= 0.3 is 6.03 Å². The maximum Gasteiger partial charge on any atom is 0.323 e. The van der Waals surface area contributed by atoms with Crippen LogP contribution in [0.2, 0.25) is 0 Å². The van der Waals surface area contributed by atoms with Crippen LogP contribution >= 0.6 is 0 Å². The van der Waals surface area contributed by atoms with Crippen molar-refractivity contribution in [1.29, 1.82) is 0 Å². The number of anilines is 1. The Kier molecular flexibility index (Phi) is 4.42. The van der Waals surface area contributed by atoms with Crippen LogP contribution in [0.4, 0.5) is 10.6 Å². The Balaban J connectivity index is 1.72. The van der Waals surface area contributed by atoms with Gasteiger partial charge in [-0.3, -0.25) is 5.32 Å². The highest BCUT2D eigenvalue weighted by Gasteiger charge is 2.17. The van der Waals surface area contributed by atoms with Crippen LogP contribution in [0.25, 0.3) is 5.69 Å². The first-order valence-corrected chi connectivity index (χ1v) is 7.91. The molecule has 1 aromatic heterocycles. The molecule has 2 heterocycles. The first kappa shape index (κ1) is 14.6. The number of likely N-dealkylation sites (tertiary alicyclic amines) is 1. The van der Waals surface area contributed by atoms with Gasteiger partial charge in [0.05, 0.1) is 5.69 Å². The molecular formula is C17H22N4O. The van der Waals surface area contributed by atoms with Gasteiger partial charge in [-0.25, -0.2) is 9.48 Å². The van der Waals surface area contributed by atoms with Crippen LogP contribution in [0.3, 0.4) is 0 Å². The number of carbonyl (C=O) groups excluding carboxylic acids is 1. The number of hydrogen-bond acceptors (Lipinski definition) is 2. The zero-order chi connectivity index (χ0) is 15.4. The lowest BCUT2D eigenvalue weighted by Gasteiger charge is -2.20. The fourth-order valence-corrected chi connectivity index (χ4v) is 2.75. The molecule has 2 amide bonds. The van der Waals surface area contributed by atoms with E-state index in [9.17, 15) is 4.79 Å². The molecule has 5 nitrogen and oxygen atoms in total.